The molecule has 2 aliphatic rings. The summed E-state index contributed by atoms with van der Waals surface area (Å²) >= 11 is 0. The number of nitrogens with zero attached hydrogens (tertiary/aromatic N) is 2. The molecule has 1 N–H and O–H groups in total. The molecule has 2 amide bonds. The Hall–Kier alpha value is -1.93. The first kappa shape index (κ1) is 31.6. The van der Waals surface area contributed by atoms with Gasteiger partial charge in [-0.1, -0.05) is 70.4 Å². The van der Waals surface area contributed by atoms with Crippen LogP contribution in [0.1, 0.15) is 77.7 Å². The molecule has 8 heteroatoms. The summed E-state index contributed by atoms with van der Waals surface area (Å²) in [5, 5.41) is 2.72. The van der Waals surface area contributed by atoms with Gasteiger partial charge in [-0.3, -0.25) is 14.5 Å². The topological polar surface area (TPSA) is 86.8 Å². The van der Waals surface area contributed by atoms with Crippen LogP contribution in [0.2, 0.25) is 0 Å². The molecule has 0 radical (unpaired) electrons. The summed E-state index contributed by atoms with van der Waals surface area (Å²) in [6.45, 7) is 6.99. The Morgan fingerprint density at radius 3 is 2.18 bits per heavy atom. The molecular formula is C31H51N3O4S. The summed E-state index contributed by atoms with van der Waals surface area (Å²) in [6.07, 6.45) is 9.88. The summed E-state index contributed by atoms with van der Waals surface area (Å²) in [5.41, 5.74) is 1.19. The van der Waals surface area contributed by atoms with E-state index in [9.17, 15) is 18.0 Å². The lowest BCUT2D eigenvalue weighted by atomic mass is 9.65. The van der Waals surface area contributed by atoms with Crippen molar-refractivity contribution in [3.05, 3.63) is 35.9 Å². The minimum absolute atomic E-state index is 0.0316. The summed E-state index contributed by atoms with van der Waals surface area (Å²) in [4.78, 5) is 30.8. The molecule has 3 rings (SSSR count). The van der Waals surface area contributed by atoms with Crippen molar-refractivity contribution in [2.75, 3.05) is 45.7 Å². The van der Waals surface area contributed by atoms with Crippen LogP contribution < -0.4 is 5.32 Å². The van der Waals surface area contributed by atoms with E-state index in [1.165, 1.54) is 24.8 Å². The molecule has 39 heavy (non-hydrogen) atoms. The molecule has 0 saturated heterocycles. The highest BCUT2D eigenvalue weighted by atomic mass is 32.2. The van der Waals surface area contributed by atoms with E-state index < -0.39 is 9.84 Å². The molecule has 2 aliphatic carbocycles. The van der Waals surface area contributed by atoms with Crippen molar-refractivity contribution in [2.45, 2.75) is 77.7 Å². The van der Waals surface area contributed by atoms with Gasteiger partial charge in [0.15, 0.2) is 0 Å². The minimum Gasteiger partial charge on any atom is -0.354 e. The lowest BCUT2D eigenvalue weighted by Crippen LogP contribution is -2.52. The zero-order chi connectivity index (χ0) is 28.8. The van der Waals surface area contributed by atoms with Gasteiger partial charge in [0.25, 0.3) is 0 Å². The first-order valence-electron chi connectivity index (χ1n) is 14.7. The maximum atomic E-state index is 13.9. The first-order chi connectivity index (χ1) is 18.2. The lowest BCUT2D eigenvalue weighted by molar-refractivity contribution is -0.142. The molecule has 2 saturated carbocycles. The standard InChI is InChI=1S/C31H51N3O4S/c1-24(21-26-11-10-12-26)25(2)29(36)34(22-28(35)32-19-20-39(6,37)38)23-30(3)15-17-31(18-16-30,33(4)5)27-13-8-7-9-14-27/h7-9,13-14,24-26H,10-12,15-23H2,1-6H3,(H,32,35)/t24?,25?,30-,31-. The predicted molar refractivity (Wildman–Crippen MR) is 158 cm³/mol. The summed E-state index contributed by atoms with van der Waals surface area (Å²) in [6, 6.07) is 10.7. The third-order valence-electron chi connectivity index (χ3n) is 9.64. The second-order valence-corrected chi connectivity index (χ2v) is 15.3. The van der Waals surface area contributed by atoms with Gasteiger partial charge in [0.05, 0.1) is 12.3 Å². The van der Waals surface area contributed by atoms with Crippen LogP contribution in [0.4, 0.5) is 0 Å². The van der Waals surface area contributed by atoms with Crippen molar-refractivity contribution in [3.8, 4) is 0 Å². The zero-order valence-electron chi connectivity index (χ0n) is 25.0. The Morgan fingerprint density at radius 1 is 1.05 bits per heavy atom. The zero-order valence-corrected chi connectivity index (χ0v) is 25.9. The maximum Gasteiger partial charge on any atom is 0.239 e. The first-order valence-corrected chi connectivity index (χ1v) is 16.8. The Balaban J connectivity index is 1.73. The lowest BCUT2D eigenvalue weighted by Gasteiger charge is -2.50. The second-order valence-electron chi connectivity index (χ2n) is 13.1. The van der Waals surface area contributed by atoms with E-state index in [4.69, 9.17) is 0 Å². The molecule has 1 aromatic carbocycles. The van der Waals surface area contributed by atoms with Crippen LogP contribution in [0.25, 0.3) is 0 Å². The number of rotatable bonds is 13. The van der Waals surface area contributed by atoms with E-state index in [0.717, 1.165) is 44.3 Å². The Kier molecular flexibility index (Phi) is 10.7. The van der Waals surface area contributed by atoms with Crippen LogP contribution in [0.3, 0.4) is 0 Å². The number of amides is 2. The molecule has 0 aromatic heterocycles. The van der Waals surface area contributed by atoms with Crippen molar-refractivity contribution in [2.24, 2.45) is 23.2 Å². The Labute approximate surface area is 237 Å². The smallest absolute Gasteiger partial charge is 0.239 e. The van der Waals surface area contributed by atoms with Gasteiger partial charge in [-0.15, -0.1) is 0 Å². The second kappa shape index (κ2) is 13.2. The average molecular weight is 562 g/mol. The number of benzene rings is 1. The van der Waals surface area contributed by atoms with Crippen molar-refractivity contribution < 1.29 is 18.0 Å². The molecule has 2 unspecified atom stereocenters. The summed E-state index contributed by atoms with van der Waals surface area (Å²) < 4.78 is 23.0. The quantitative estimate of drug-likeness (QED) is 0.384. The van der Waals surface area contributed by atoms with Crippen molar-refractivity contribution in [1.29, 1.82) is 0 Å². The molecule has 2 atom stereocenters. The van der Waals surface area contributed by atoms with E-state index in [2.05, 4.69) is 68.5 Å². The third kappa shape index (κ3) is 8.53. The van der Waals surface area contributed by atoms with Crippen LogP contribution >= 0.6 is 0 Å². The number of carbonyl (C=O) groups is 2. The Morgan fingerprint density at radius 2 is 1.67 bits per heavy atom. The van der Waals surface area contributed by atoms with Crippen LogP contribution in [-0.2, 0) is 25.0 Å². The monoisotopic (exact) mass is 561 g/mol. The van der Waals surface area contributed by atoms with E-state index in [1.807, 2.05) is 6.92 Å². The number of nitrogens with one attached hydrogen (secondary N) is 1. The number of hydrogen-bond acceptors (Lipinski definition) is 5. The van der Waals surface area contributed by atoms with E-state index in [-0.39, 0.29) is 53.4 Å². The van der Waals surface area contributed by atoms with E-state index >= 15 is 0 Å². The Bertz CT molecular complexity index is 1060. The fourth-order valence-corrected chi connectivity index (χ4v) is 6.91. The van der Waals surface area contributed by atoms with E-state index in [1.54, 1.807) is 4.90 Å². The van der Waals surface area contributed by atoms with Gasteiger partial charge in [0.1, 0.15) is 9.84 Å². The molecule has 1 aromatic rings. The SMILES string of the molecule is CC(CC1CCC1)C(C)C(=O)N(CC(=O)NCCS(C)(=O)=O)C[C@]1(C)CC[C@@](c2ccccc2)(N(C)C)CC1. The fourth-order valence-electron chi connectivity index (χ4n) is 6.44. The maximum absolute atomic E-state index is 13.9. The van der Waals surface area contributed by atoms with Crippen molar-refractivity contribution in [3.63, 3.8) is 0 Å². The minimum atomic E-state index is -3.17. The van der Waals surface area contributed by atoms with Crippen LogP contribution in [-0.4, -0.2) is 75.8 Å². The predicted octanol–water partition coefficient (Wildman–Crippen LogP) is 4.48. The highest BCUT2D eigenvalue weighted by Gasteiger charge is 2.44. The van der Waals surface area contributed by atoms with E-state index in [0.29, 0.717) is 6.54 Å². The molecule has 0 heterocycles. The van der Waals surface area contributed by atoms with Gasteiger partial charge >= 0.3 is 0 Å². The van der Waals surface area contributed by atoms with Gasteiger partial charge in [0, 0.05) is 30.8 Å². The van der Waals surface area contributed by atoms with Crippen molar-refractivity contribution >= 4 is 21.7 Å². The van der Waals surface area contributed by atoms with Gasteiger partial charge in [-0.05, 0) is 69.0 Å². The molecule has 0 spiro atoms. The largest absolute Gasteiger partial charge is 0.354 e. The molecule has 2 fully saturated rings. The highest BCUT2D eigenvalue weighted by Crippen LogP contribution is 2.48. The number of carbonyl (C=O) groups excluding carboxylic acids is 2. The van der Waals surface area contributed by atoms with Crippen LogP contribution in [0, 0.1) is 23.2 Å². The number of sulfone groups is 1. The normalized spacial score (nSPS) is 25.5. The van der Waals surface area contributed by atoms with Crippen molar-refractivity contribution in [1.82, 2.24) is 15.1 Å². The molecular weight excluding hydrogens is 510 g/mol. The fraction of sp³-hybridized carbons (Fsp3) is 0.742. The number of hydrogen-bond donors (Lipinski definition) is 1. The average Bonchev–Trinajstić information content (AvgIpc) is 2.85. The molecule has 0 aliphatic heterocycles. The summed E-state index contributed by atoms with van der Waals surface area (Å²) in [7, 11) is 1.13. The molecule has 0 bridgehead atoms. The van der Waals surface area contributed by atoms with Gasteiger partial charge in [-0.25, -0.2) is 8.42 Å². The molecule has 7 nitrogen and oxygen atoms in total. The van der Waals surface area contributed by atoms with Crippen LogP contribution in [0.5, 0.6) is 0 Å². The van der Waals surface area contributed by atoms with Gasteiger partial charge in [-0.2, -0.15) is 0 Å². The van der Waals surface area contributed by atoms with Gasteiger partial charge in [0.2, 0.25) is 11.8 Å². The molecule has 220 valence electrons. The summed E-state index contributed by atoms with van der Waals surface area (Å²) in [5.74, 6) is 0.455. The van der Waals surface area contributed by atoms with Crippen LogP contribution in [0.15, 0.2) is 30.3 Å². The van der Waals surface area contributed by atoms with Gasteiger partial charge < -0.3 is 10.2 Å². The third-order valence-corrected chi connectivity index (χ3v) is 10.6. The highest BCUT2D eigenvalue weighted by molar-refractivity contribution is 7.90.